The molecule has 0 radical (unpaired) electrons. The Morgan fingerprint density at radius 1 is 1.19 bits per heavy atom. The van der Waals surface area contributed by atoms with Crippen molar-refractivity contribution in [2.75, 3.05) is 38.2 Å². The molecule has 1 aliphatic heterocycles. The normalized spacial score (nSPS) is 14.5. The number of anilines is 1. The largest absolute Gasteiger partial charge is 0.412 e. The maximum atomic E-state index is 15.4. The Balaban J connectivity index is 1.58. The summed E-state index contributed by atoms with van der Waals surface area (Å²) in [5, 5.41) is 4.28. The Morgan fingerprint density at radius 3 is 2.43 bits per heavy atom. The maximum Gasteiger partial charge on any atom is 0.225 e. The number of carbonyl (C=O) groups is 1. The van der Waals surface area contributed by atoms with Gasteiger partial charge in [0.2, 0.25) is 11.9 Å². The van der Waals surface area contributed by atoms with Gasteiger partial charge in [-0.15, -0.1) is 0 Å². The van der Waals surface area contributed by atoms with Crippen LogP contribution in [0.3, 0.4) is 0 Å². The van der Waals surface area contributed by atoms with Gasteiger partial charge in [0.1, 0.15) is 12.4 Å². The van der Waals surface area contributed by atoms with Crippen molar-refractivity contribution >= 4 is 25.9 Å². The molecule has 3 rings (SSSR count). The lowest BCUT2D eigenvalue weighted by Gasteiger charge is -2.36. The van der Waals surface area contributed by atoms with E-state index in [-0.39, 0.29) is 23.4 Å². The zero-order chi connectivity index (χ0) is 27.2. The molecule has 1 aromatic heterocycles. The number of benzene rings is 1. The summed E-state index contributed by atoms with van der Waals surface area (Å²) in [6.07, 6.45) is 4.85. The number of hydrogen-bond acceptors (Lipinski definition) is 7. The van der Waals surface area contributed by atoms with E-state index in [2.05, 4.69) is 53.9 Å². The fourth-order valence-corrected chi connectivity index (χ4v) is 4.49. The second-order valence-corrected chi connectivity index (χ2v) is 15.8. The van der Waals surface area contributed by atoms with Gasteiger partial charge >= 0.3 is 0 Å². The lowest BCUT2D eigenvalue weighted by atomic mass is 10.1. The molecule has 1 aliphatic rings. The Labute approximate surface area is 221 Å². The number of piperidine rings is 1. The highest BCUT2D eigenvalue weighted by Gasteiger charge is 2.37. The first-order chi connectivity index (χ1) is 17.4. The quantitative estimate of drug-likeness (QED) is 0.251. The molecule has 37 heavy (non-hydrogen) atoms. The fourth-order valence-electron chi connectivity index (χ4n) is 3.54. The SMILES string of the molecule is CC(=O)N(C)CCON=C1CCN(c2ncc(-c3cccc(CO[Si](C)(C)C(C)(C)C)c3F)cn2)CC1. The standard InChI is InChI=1S/C27H40FN5O3Si/c1-20(34)32(5)15-16-35-31-23-11-13-33(14-12-23)26-29-17-22(18-30-26)24-10-8-9-21(25(24)28)19-36-37(6,7)27(2,3)4/h8-10,17-18H,11-16,19H2,1-7H3. The Kier molecular flexibility index (Phi) is 9.41. The number of oxime groups is 1. The van der Waals surface area contributed by atoms with E-state index >= 15 is 4.39 Å². The molecule has 0 N–H and O–H groups in total. The number of halogens is 1. The van der Waals surface area contributed by atoms with Crippen LogP contribution in [-0.2, 0) is 20.7 Å². The molecule has 1 aromatic carbocycles. The van der Waals surface area contributed by atoms with Crippen molar-refractivity contribution in [3.05, 3.63) is 42.0 Å². The van der Waals surface area contributed by atoms with Crippen molar-refractivity contribution in [1.29, 1.82) is 0 Å². The molecule has 2 heterocycles. The Bertz CT molecular complexity index is 1090. The molecule has 2 aromatic rings. The monoisotopic (exact) mass is 529 g/mol. The summed E-state index contributed by atoms with van der Waals surface area (Å²) >= 11 is 0. The van der Waals surface area contributed by atoms with E-state index in [4.69, 9.17) is 9.26 Å². The van der Waals surface area contributed by atoms with Crippen LogP contribution in [0.4, 0.5) is 10.3 Å². The third-order valence-corrected chi connectivity index (χ3v) is 11.8. The lowest BCUT2D eigenvalue weighted by molar-refractivity contribution is -0.128. The van der Waals surface area contributed by atoms with Crippen molar-refractivity contribution in [3.63, 3.8) is 0 Å². The number of carbonyl (C=O) groups excluding carboxylic acids is 1. The Morgan fingerprint density at radius 2 is 1.84 bits per heavy atom. The van der Waals surface area contributed by atoms with Gasteiger partial charge in [0.15, 0.2) is 8.32 Å². The fraction of sp³-hybridized carbons (Fsp3) is 0.556. The third-order valence-electron chi connectivity index (χ3n) is 7.30. The number of hydrogen-bond donors (Lipinski definition) is 0. The molecule has 0 spiro atoms. The van der Waals surface area contributed by atoms with Crippen LogP contribution >= 0.6 is 0 Å². The molecule has 10 heteroatoms. The van der Waals surface area contributed by atoms with Gasteiger partial charge in [-0.25, -0.2) is 14.4 Å². The summed E-state index contributed by atoms with van der Waals surface area (Å²) < 4.78 is 21.6. The van der Waals surface area contributed by atoms with Crippen molar-refractivity contribution in [2.45, 2.75) is 65.3 Å². The van der Waals surface area contributed by atoms with Crippen molar-refractivity contribution in [2.24, 2.45) is 5.16 Å². The van der Waals surface area contributed by atoms with E-state index in [1.807, 2.05) is 6.07 Å². The summed E-state index contributed by atoms with van der Waals surface area (Å²) in [6, 6.07) is 5.38. The van der Waals surface area contributed by atoms with Gasteiger partial charge in [-0.05, 0) is 18.1 Å². The highest BCUT2D eigenvalue weighted by atomic mass is 28.4. The molecule has 202 valence electrons. The van der Waals surface area contributed by atoms with Crippen LogP contribution in [0.25, 0.3) is 11.1 Å². The summed E-state index contributed by atoms with van der Waals surface area (Å²) in [5.74, 6) is 0.331. The van der Waals surface area contributed by atoms with Gasteiger partial charge in [0, 0.05) is 69.0 Å². The zero-order valence-corrected chi connectivity index (χ0v) is 24.2. The predicted molar refractivity (Wildman–Crippen MR) is 148 cm³/mol. The van der Waals surface area contributed by atoms with Crippen LogP contribution in [0.1, 0.15) is 46.1 Å². The van der Waals surface area contributed by atoms with Crippen molar-refractivity contribution in [1.82, 2.24) is 14.9 Å². The first kappa shape index (κ1) is 28.7. The molecule has 0 saturated carbocycles. The van der Waals surface area contributed by atoms with Gasteiger partial charge < -0.3 is 19.1 Å². The van der Waals surface area contributed by atoms with E-state index in [0.717, 1.165) is 31.6 Å². The van der Waals surface area contributed by atoms with E-state index in [9.17, 15) is 4.79 Å². The van der Waals surface area contributed by atoms with Crippen LogP contribution in [0.5, 0.6) is 0 Å². The summed E-state index contributed by atoms with van der Waals surface area (Å²) in [6.45, 7) is 15.0. The van der Waals surface area contributed by atoms with Gasteiger partial charge in [-0.3, -0.25) is 4.79 Å². The van der Waals surface area contributed by atoms with Gasteiger partial charge in [0.05, 0.1) is 18.9 Å². The van der Waals surface area contributed by atoms with Crippen LogP contribution in [0.2, 0.25) is 18.1 Å². The molecule has 8 nitrogen and oxygen atoms in total. The summed E-state index contributed by atoms with van der Waals surface area (Å²) in [7, 11) is -0.250. The van der Waals surface area contributed by atoms with Crippen molar-refractivity contribution in [3.8, 4) is 11.1 Å². The molecule has 1 saturated heterocycles. The molecule has 0 aliphatic carbocycles. The maximum absolute atomic E-state index is 15.4. The van der Waals surface area contributed by atoms with Crippen LogP contribution in [0.15, 0.2) is 35.7 Å². The second-order valence-electron chi connectivity index (χ2n) is 11.0. The number of nitrogens with zero attached hydrogens (tertiary/aromatic N) is 5. The van der Waals surface area contributed by atoms with E-state index < -0.39 is 8.32 Å². The van der Waals surface area contributed by atoms with E-state index in [1.165, 1.54) is 6.92 Å². The first-order valence-corrected chi connectivity index (χ1v) is 15.7. The average molecular weight is 530 g/mol. The minimum atomic E-state index is -1.98. The molecule has 0 atom stereocenters. The topological polar surface area (TPSA) is 80.2 Å². The predicted octanol–water partition coefficient (Wildman–Crippen LogP) is 5.26. The van der Waals surface area contributed by atoms with Gasteiger partial charge in [-0.2, -0.15) is 0 Å². The number of aromatic nitrogens is 2. The number of likely N-dealkylation sites (N-methyl/N-ethyl adjacent to an activating group) is 1. The highest BCUT2D eigenvalue weighted by Crippen LogP contribution is 2.37. The lowest BCUT2D eigenvalue weighted by Crippen LogP contribution is -2.40. The van der Waals surface area contributed by atoms with Crippen molar-refractivity contribution < 1.29 is 18.4 Å². The molecule has 0 unspecified atom stereocenters. The third kappa shape index (κ3) is 7.58. The summed E-state index contributed by atoms with van der Waals surface area (Å²) in [4.78, 5) is 29.3. The number of amides is 1. The average Bonchev–Trinajstić information content (AvgIpc) is 2.85. The summed E-state index contributed by atoms with van der Waals surface area (Å²) in [5.41, 5.74) is 2.64. The number of rotatable bonds is 9. The van der Waals surface area contributed by atoms with Gasteiger partial charge in [0.25, 0.3) is 0 Å². The minimum absolute atomic E-state index is 0.00156. The second kappa shape index (κ2) is 12.1. The minimum Gasteiger partial charge on any atom is -0.412 e. The molecular weight excluding hydrogens is 489 g/mol. The molecule has 0 bridgehead atoms. The van der Waals surface area contributed by atoms with Gasteiger partial charge in [-0.1, -0.05) is 44.1 Å². The zero-order valence-electron chi connectivity index (χ0n) is 23.2. The van der Waals surface area contributed by atoms with Crippen LogP contribution in [-0.4, -0.2) is 68.1 Å². The van der Waals surface area contributed by atoms with E-state index in [1.54, 1.807) is 36.5 Å². The molecule has 1 amide bonds. The Hall–Kier alpha value is -2.85. The smallest absolute Gasteiger partial charge is 0.225 e. The van der Waals surface area contributed by atoms with Crippen LogP contribution < -0.4 is 4.90 Å². The molecular formula is C27H40FN5O3Si. The first-order valence-electron chi connectivity index (χ1n) is 12.8. The van der Waals surface area contributed by atoms with Crippen LogP contribution in [0, 0.1) is 5.82 Å². The highest BCUT2D eigenvalue weighted by molar-refractivity contribution is 6.74. The molecule has 1 fully saturated rings. The van der Waals surface area contributed by atoms with E-state index in [0.29, 0.717) is 35.8 Å².